The summed E-state index contributed by atoms with van der Waals surface area (Å²) in [6.45, 7) is 4.45. The first kappa shape index (κ1) is 23.0. The highest BCUT2D eigenvalue weighted by Gasteiger charge is 2.35. The first-order valence-corrected chi connectivity index (χ1v) is 10.8. The number of likely N-dealkylation sites (tertiary alicyclic amines) is 1. The summed E-state index contributed by atoms with van der Waals surface area (Å²) in [6, 6.07) is 17.7. The van der Waals surface area contributed by atoms with Crippen LogP contribution in [-0.4, -0.2) is 47.8 Å². The molecular formula is C26H29N3O3. The average molecular weight is 432 g/mol. The number of hydrogen-bond acceptors (Lipinski definition) is 3. The van der Waals surface area contributed by atoms with Gasteiger partial charge in [-0.05, 0) is 30.0 Å². The average Bonchev–Trinajstić information content (AvgIpc) is 3.32. The van der Waals surface area contributed by atoms with E-state index >= 15 is 0 Å². The zero-order valence-corrected chi connectivity index (χ0v) is 18.1. The maximum atomic E-state index is 13.1. The molecule has 1 heterocycles. The highest BCUT2D eigenvalue weighted by atomic mass is 16.2. The highest BCUT2D eigenvalue weighted by molar-refractivity contribution is 5.97. The fourth-order valence-corrected chi connectivity index (χ4v) is 3.75. The summed E-state index contributed by atoms with van der Waals surface area (Å²) in [5.41, 5.74) is 1.86. The van der Waals surface area contributed by atoms with Gasteiger partial charge in [0.15, 0.2) is 0 Å². The minimum absolute atomic E-state index is 0.206. The van der Waals surface area contributed by atoms with Crippen molar-refractivity contribution in [3.05, 3.63) is 90.5 Å². The van der Waals surface area contributed by atoms with Crippen LogP contribution < -0.4 is 10.6 Å². The Bertz CT molecular complexity index is 957. The van der Waals surface area contributed by atoms with Crippen LogP contribution >= 0.6 is 0 Å². The third-order valence-electron chi connectivity index (χ3n) is 5.39. The molecule has 2 aromatic rings. The van der Waals surface area contributed by atoms with E-state index < -0.39 is 12.1 Å². The Balaban J connectivity index is 1.68. The number of hydrogen-bond donors (Lipinski definition) is 2. The second-order valence-electron chi connectivity index (χ2n) is 7.72. The predicted octanol–water partition coefficient (Wildman–Crippen LogP) is 2.72. The summed E-state index contributed by atoms with van der Waals surface area (Å²) in [5.74, 6) is -0.789. The van der Waals surface area contributed by atoms with E-state index in [-0.39, 0.29) is 17.7 Å². The Morgan fingerprint density at radius 3 is 2.44 bits per heavy atom. The zero-order chi connectivity index (χ0) is 22.8. The summed E-state index contributed by atoms with van der Waals surface area (Å²) < 4.78 is 0. The quantitative estimate of drug-likeness (QED) is 0.473. The number of rotatable bonds is 9. The summed E-state index contributed by atoms with van der Waals surface area (Å²) in [6.07, 6.45) is 6.52. The Morgan fingerprint density at radius 2 is 1.75 bits per heavy atom. The third-order valence-corrected chi connectivity index (χ3v) is 5.39. The van der Waals surface area contributed by atoms with Gasteiger partial charge in [-0.15, -0.1) is 6.58 Å². The first-order chi connectivity index (χ1) is 15.6. The van der Waals surface area contributed by atoms with E-state index in [1.807, 2.05) is 60.7 Å². The Kier molecular flexibility index (Phi) is 8.37. The van der Waals surface area contributed by atoms with E-state index in [4.69, 9.17) is 0 Å². The molecule has 2 N–H and O–H groups in total. The SMILES string of the molecule is C=CCNC(=O)[C@H](Cc1ccccc1)NC(=O)[C@@H]1CCCN1C(=O)/C=C/c1ccccc1. The molecule has 1 saturated heterocycles. The molecule has 0 saturated carbocycles. The largest absolute Gasteiger partial charge is 0.351 e. The molecular weight excluding hydrogens is 402 g/mol. The zero-order valence-electron chi connectivity index (χ0n) is 18.1. The molecule has 32 heavy (non-hydrogen) atoms. The molecule has 2 aromatic carbocycles. The third kappa shape index (κ3) is 6.41. The summed E-state index contributed by atoms with van der Waals surface area (Å²) in [4.78, 5) is 40.1. The van der Waals surface area contributed by atoms with Crippen LogP contribution in [0.2, 0.25) is 0 Å². The maximum absolute atomic E-state index is 13.1. The van der Waals surface area contributed by atoms with Crippen LogP contribution in [0.4, 0.5) is 0 Å². The van der Waals surface area contributed by atoms with Gasteiger partial charge in [-0.1, -0.05) is 66.7 Å². The molecule has 0 aromatic heterocycles. The van der Waals surface area contributed by atoms with Crippen molar-refractivity contribution in [2.45, 2.75) is 31.3 Å². The Morgan fingerprint density at radius 1 is 1.06 bits per heavy atom. The van der Waals surface area contributed by atoms with Crippen LogP contribution in [0.25, 0.3) is 6.08 Å². The van der Waals surface area contributed by atoms with Gasteiger partial charge < -0.3 is 15.5 Å². The Labute approximate surface area is 189 Å². The lowest BCUT2D eigenvalue weighted by molar-refractivity contribution is -0.136. The van der Waals surface area contributed by atoms with Gasteiger partial charge in [0, 0.05) is 25.6 Å². The van der Waals surface area contributed by atoms with E-state index in [2.05, 4.69) is 17.2 Å². The van der Waals surface area contributed by atoms with Gasteiger partial charge in [-0.25, -0.2) is 0 Å². The molecule has 0 unspecified atom stereocenters. The molecule has 6 nitrogen and oxygen atoms in total. The number of nitrogens with one attached hydrogen (secondary N) is 2. The number of nitrogens with zero attached hydrogens (tertiary/aromatic N) is 1. The molecule has 3 rings (SSSR count). The molecule has 0 spiro atoms. The smallest absolute Gasteiger partial charge is 0.247 e. The lowest BCUT2D eigenvalue weighted by Gasteiger charge is -2.25. The van der Waals surface area contributed by atoms with Gasteiger partial charge in [-0.3, -0.25) is 14.4 Å². The monoisotopic (exact) mass is 431 g/mol. The maximum Gasteiger partial charge on any atom is 0.247 e. The van der Waals surface area contributed by atoms with Crippen molar-refractivity contribution in [2.75, 3.05) is 13.1 Å². The number of carbonyl (C=O) groups excluding carboxylic acids is 3. The fraction of sp³-hybridized carbons (Fsp3) is 0.269. The highest BCUT2D eigenvalue weighted by Crippen LogP contribution is 2.19. The minimum atomic E-state index is -0.734. The summed E-state index contributed by atoms with van der Waals surface area (Å²) in [7, 11) is 0. The van der Waals surface area contributed by atoms with Crippen LogP contribution in [-0.2, 0) is 20.8 Å². The minimum Gasteiger partial charge on any atom is -0.351 e. The van der Waals surface area contributed by atoms with Gasteiger partial charge in [0.05, 0.1) is 0 Å². The second-order valence-corrected chi connectivity index (χ2v) is 7.72. The number of carbonyl (C=O) groups is 3. The number of benzene rings is 2. The van der Waals surface area contributed by atoms with Crippen LogP contribution in [0.3, 0.4) is 0 Å². The van der Waals surface area contributed by atoms with E-state index in [0.29, 0.717) is 25.9 Å². The van der Waals surface area contributed by atoms with Crippen LogP contribution in [0.1, 0.15) is 24.0 Å². The normalized spacial score (nSPS) is 16.5. The molecule has 1 aliphatic heterocycles. The first-order valence-electron chi connectivity index (χ1n) is 10.8. The van der Waals surface area contributed by atoms with E-state index in [1.54, 1.807) is 17.1 Å². The molecule has 0 bridgehead atoms. The lowest BCUT2D eigenvalue weighted by atomic mass is 10.0. The van der Waals surface area contributed by atoms with Gasteiger partial charge in [0.2, 0.25) is 17.7 Å². The van der Waals surface area contributed by atoms with Gasteiger partial charge >= 0.3 is 0 Å². The van der Waals surface area contributed by atoms with Crippen molar-refractivity contribution in [1.29, 1.82) is 0 Å². The van der Waals surface area contributed by atoms with Gasteiger partial charge in [-0.2, -0.15) is 0 Å². The summed E-state index contributed by atoms with van der Waals surface area (Å²) >= 11 is 0. The molecule has 166 valence electrons. The van der Waals surface area contributed by atoms with Crippen molar-refractivity contribution in [3.63, 3.8) is 0 Å². The van der Waals surface area contributed by atoms with E-state index in [0.717, 1.165) is 17.5 Å². The molecule has 6 heteroatoms. The van der Waals surface area contributed by atoms with Crippen LogP contribution in [0.5, 0.6) is 0 Å². The fourth-order valence-electron chi connectivity index (χ4n) is 3.75. The lowest BCUT2D eigenvalue weighted by Crippen LogP contribution is -2.53. The van der Waals surface area contributed by atoms with E-state index in [9.17, 15) is 14.4 Å². The van der Waals surface area contributed by atoms with Gasteiger partial charge in [0.25, 0.3) is 0 Å². The van der Waals surface area contributed by atoms with Gasteiger partial charge in [0.1, 0.15) is 12.1 Å². The molecule has 1 fully saturated rings. The van der Waals surface area contributed by atoms with Crippen molar-refractivity contribution in [1.82, 2.24) is 15.5 Å². The summed E-state index contributed by atoms with van der Waals surface area (Å²) in [5, 5.41) is 5.63. The number of amides is 3. The standard InChI is InChI=1S/C26H29N3O3/c1-2-17-27-25(31)22(19-21-12-7-4-8-13-21)28-26(32)23-14-9-18-29(23)24(30)16-15-20-10-5-3-6-11-20/h2-8,10-13,15-16,22-23H,1,9,14,17-19H2,(H,27,31)(H,28,32)/b16-15+/t22-,23-/m0/s1. The molecule has 3 amide bonds. The molecule has 0 aliphatic carbocycles. The predicted molar refractivity (Wildman–Crippen MR) is 125 cm³/mol. The van der Waals surface area contributed by atoms with Crippen molar-refractivity contribution >= 4 is 23.8 Å². The van der Waals surface area contributed by atoms with Crippen LogP contribution in [0.15, 0.2) is 79.4 Å². The van der Waals surface area contributed by atoms with Crippen molar-refractivity contribution < 1.29 is 14.4 Å². The van der Waals surface area contributed by atoms with E-state index in [1.165, 1.54) is 6.08 Å². The topological polar surface area (TPSA) is 78.5 Å². The Hall–Kier alpha value is -3.67. The second kappa shape index (κ2) is 11.6. The van der Waals surface area contributed by atoms with Crippen molar-refractivity contribution in [3.8, 4) is 0 Å². The molecule has 2 atom stereocenters. The van der Waals surface area contributed by atoms with Crippen LogP contribution in [0, 0.1) is 0 Å². The molecule has 0 radical (unpaired) electrons. The molecule has 1 aliphatic rings. The van der Waals surface area contributed by atoms with Crippen molar-refractivity contribution in [2.24, 2.45) is 0 Å².